The van der Waals surface area contributed by atoms with Crippen LogP contribution in [0, 0.1) is 0 Å². The number of aromatic hydroxyl groups is 6. The molecule has 24 heavy (non-hydrogen) atoms. The van der Waals surface area contributed by atoms with Crippen molar-refractivity contribution in [2.24, 2.45) is 0 Å². The van der Waals surface area contributed by atoms with Crippen LogP contribution < -0.4 is 0 Å². The first-order chi connectivity index (χ1) is 11.0. The maximum atomic E-state index is 10.4. The van der Waals surface area contributed by atoms with Crippen molar-refractivity contribution in [2.45, 2.75) is 38.0 Å². The van der Waals surface area contributed by atoms with Gasteiger partial charge in [0.15, 0.2) is 23.0 Å². The van der Waals surface area contributed by atoms with Crippen molar-refractivity contribution in [3.8, 4) is 34.5 Å². The average molecular weight is 332 g/mol. The third kappa shape index (κ3) is 1.95. The standard InChI is InChI=1S/C18H20O6/c1-17(2)7-18(3,8-4-10(20)11(21)5-9(8)19)15-14(17)12(22)6-13(23)16(15)24/h4-6,19-24H,7H2,1-3H3. The highest BCUT2D eigenvalue weighted by molar-refractivity contribution is 5.68. The Kier molecular flexibility index (Phi) is 3.11. The van der Waals surface area contributed by atoms with Gasteiger partial charge in [0, 0.05) is 34.2 Å². The second kappa shape index (κ2) is 4.63. The van der Waals surface area contributed by atoms with Crippen molar-refractivity contribution in [2.75, 3.05) is 0 Å². The Bertz CT molecular complexity index is 855. The van der Waals surface area contributed by atoms with Crippen LogP contribution in [0.2, 0.25) is 0 Å². The van der Waals surface area contributed by atoms with Crippen molar-refractivity contribution in [3.63, 3.8) is 0 Å². The van der Waals surface area contributed by atoms with Gasteiger partial charge in [-0.15, -0.1) is 0 Å². The second-order valence-corrected chi connectivity index (χ2v) is 7.26. The first-order valence-corrected chi connectivity index (χ1v) is 7.53. The number of fused-ring (bicyclic) bond motifs is 1. The molecule has 1 aliphatic carbocycles. The SMILES string of the molecule is CC1(C)CC(C)(c2cc(O)c(O)cc2O)c2c(O)c(O)cc(O)c21. The zero-order valence-corrected chi connectivity index (χ0v) is 13.6. The molecule has 0 amide bonds. The first kappa shape index (κ1) is 16.1. The van der Waals surface area contributed by atoms with E-state index in [9.17, 15) is 30.6 Å². The normalized spacial score (nSPS) is 21.6. The number of phenolic OH excluding ortho intramolecular Hbond substituents is 6. The molecule has 0 spiro atoms. The van der Waals surface area contributed by atoms with Crippen LogP contribution in [-0.2, 0) is 10.8 Å². The molecule has 0 aromatic heterocycles. The lowest BCUT2D eigenvalue weighted by Gasteiger charge is -2.29. The van der Waals surface area contributed by atoms with Gasteiger partial charge in [-0.25, -0.2) is 0 Å². The summed E-state index contributed by atoms with van der Waals surface area (Å²) in [6, 6.07) is 3.35. The topological polar surface area (TPSA) is 121 Å². The molecule has 0 saturated carbocycles. The molecule has 0 radical (unpaired) electrons. The Balaban J connectivity index is 2.39. The van der Waals surface area contributed by atoms with Crippen molar-refractivity contribution < 1.29 is 30.6 Å². The van der Waals surface area contributed by atoms with Crippen LogP contribution in [0.3, 0.4) is 0 Å². The highest BCUT2D eigenvalue weighted by Gasteiger charge is 2.51. The van der Waals surface area contributed by atoms with Gasteiger partial charge in [-0.05, 0) is 17.9 Å². The van der Waals surface area contributed by atoms with Crippen LogP contribution in [0.5, 0.6) is 34.5 Å². The van der Waals surface area contributed by atoms with Gasteiger partial charge in [-0.2, -0.15) is 0 Å². The summed E-state index contributed by atoms with van der Waals surface area (Å²) in [6.07, 6.45) is 0.400. The Morgan fingerprint density at radius 3 is 1.83 bits per heavy atom. The summed E-state index contributed by atoms with van der Waals surface area (Å²) in [4.78, 5) is 0. The molecule has 6 heteroatoms. The van der Waals surface area contributed by atoms with E-state index in [4.69, 9.17) is 0 Å². The van der Waals surface area contributed by atoms with E-state index in [0.29, 0.717) is 17.5 Å². The van der Waals surface area contributed by atoms with Gasteiger partial charge >= 0.3 is 0 Å². The van der Waals surface area contributed by atoms with E-state index in [-0.39, 0.29) is 22.8 Å². The number of rotatable bonds is 1. The first-order valence-electron chi connectivity index (χ1n) is 7.53. The summed E-state index contributed by atoms with van der Waals surface area (Å²) in [5.74, 6) is -2.09. The molecule has 0 aliphatic heterocycles. The smallest absolute Gasteiger partial charge is 0.162 e. The summed E-state index contributed by atoms with van der Waals surface area (Å²) in [5.41, 5.74) is -0.490. The monoisotopic (exact) mass is 332 g/mol. The molecular formula is C18H20O6. The van der Waals surface area contributed by atoms with Gasteiger partial charge < -0.3 is 30.6 Å². The molecule has 0 bridgehead atoms. The van der Waals surface area contributed by atoms with Gasteiger partial charge in [0.2, 0.25) is 0 Å². The third-order valence-electron chi connectivity index (χ3n) is 4.97. The summed E-state index contributed by atoms with van der Waals surface area (Å²) in [6.45, 7) is 5.50. The zero-order valence-electron chi connectivity index (χ0n) is 13.6. The van der Waals surface area contributed by atoms with Gasteiger partial charge in [-0.1, -0.05) is 20.8 Å². The number of hydrogen-bond donors (Lipinski definition) is 6. The zero-order chi connectivity index (χ0) is 18.0. The fourth-order valence-electron chi connectivity index (χ4n) is 4.17. The van der Waals surface area contributed by atoms with E-state index >= 15 is 0 Å². The third-order valence-corrected chi connectivity index (χ3v) is 4.97. The molecular weight excluding hydrogens is 312 g/mol. The fraction of sp³-hybridized carbons (Fsp3) is 0.333. The quantitative estimate of drug-likeness (QED) is 0.353. The van der Waals surface area contributed by atoms with Gasteiger partial charge in [-0.3, -0.25) is 0 Å². The molecule has 6 N–H and O–H groups in total. The summed E-state index contributed by atoms with van der Waals surface area (Å²) in [5, 5.41) is 60.3. The van der Waals surface area contributed by atoms with Crippen LogP contribution >= 0.6 is 0 Å². The fourth-order valence-corrected chi connectivity index (χ4v) is 4.17. The minimum atomic E-state index is -0.992. The molecule has 0 saturated heterocycles. The minimum Gasteiger partial charge on any atom is -0.507 e. The summed E-state index contributed by atoms with van der Waals surface area (Å²) >= 11 is 0. The molecule has 0 heterocycles. The Labute approximate surface area is 138 Å². The molecule has 1 aliphatic rings. The Morgan fingerprint density at radius 2 is 1.21 bits per heavy atom. The Hall–Kier alpha value is -2.76. The molecule has 1 atom stereocenters. The Morgan fingerprint density at radius 1 is 0.667 bits per heavy atom. The minimum absolute atomic E-state index is 0.142. The van der Waals surface area contributed by atoms with E-state index in [1.54, 1.807) is 6.92 Å². The van der Waals surface area contributed by atoms with Gasteiger partial charge in [0.05, 0.1) is 0 Å². The summed E-state index contributed by atoms with van der Waals surface area (Å²) < 4.78 is 0. The predicted molar refractivity (Wildman–Crippen MR) is 87.0 cm³/mol. The predicted octanol–water partition coefficient (Wildman–Crippen LogP) is 2.91. The van der Waals surface area contributed by atoms with Crippen LogP contribution in [0.4, 0.5) is 0 Å². The molecule has 2 aromatic carbocycles. The lowest BCUT2D eigenvalue weighted by molar-refractivity contribution is 0.368. The second-order valence-electron chi connectivity index (χ2n) is 7.26. The van der Waals surface area contributed by atoms with E-state index in [2.05, 4.69) is 0 Å². The highest BCUT2D eigenvalue weighted by Crippen LogP contribution is 2.61. The van der Waals surface area contributed by atoms with Gasteiger partial charge in [0.1, 0.15) is 11.5 Å². The number of hydrogen-bond acceptors (Lipinski definition) is 6. The van der Waals surface area contributed by atoms with E-state index < -0.39 is 28.1 Å². The lowest BCUT2D eigenvalue weighted by Crippen LogP contribution is -2.23. The summed E-state index contributed by atoms with van der Waals surface area (Å²) in [7, 11) is 0. The molecule has 6 nitrogen and oxygen atoms in total. The van der Waals surface area contributed by atoms with E-state index in [0.717, 1.165) is 12.1 Å². The van der Waals surface area contributed by atoms with Crippen molar-refractivity contribution >= 4 is 0 Å². The molecule has 128 valence electrons. The maximum Gasteiger partial charge on any atom is 0.162 e. The van der Waals surface area contributed by atoms with Crippen LogP contribution in [0.1, 0.15) is 43.9 Å². The average Bonchev–Trinajstić information content (AvgIpc) is 2.67. The van der Waals surface area contributed by atoms with Crippen LogP contribution in [0.25, 0.3) is 0 Å². The van der Waals surface area contributed by atoms with Crippen molar-refractivity contribution in [1.82, 2.24) is 0 Å². The van der Waals surface area contributed by atoms with E-state index in [1.807, 2.05) is 13.8 Å². The van der Waals surface area contributed by atoms with E-state index in [1.165, 1.54) is 6.07 Å². The highest BCUT2D eigenvalue weighted by atomic mass is 16.3. The largest absolute Gasteiger partial charge is 0.507 e. The number of benzene rings is 2. The molecule has 3 rings (SSSR count). The van der Waals surface area contributed by atoms with Crippen molar-refractivity contribution in [3.05, 3.63) is 34.9 Å². The van der Waals surface area contributed by atoms with Crippen LogP contribution in [-0.4, -0.2) is 30.6 Å². The maximum absolute atomic E-state index is 10.4. The molecule has 0 fully saturated rings. The lowest BCUT2D eigenvalue weighted by atomic mass is 9.74. The van der Waals surface area contributed by atoms with Crippen LogP contribution in [0.15, 0.2) is 18.2 Å². The van der Waals surface area contributed by atoms with Crippen molar-refractivity contribution in [1.29, 1.82) is 0 Å². The number of phenols is 6. The molecule has 1 unspecified atom stereocenters. The molecule has 2 aromatic rings. The van der Waals surface area contributed by atoms with Gasteiger partial charge in [0.25, 0.3) is 0 Å².